The number of benzene rings is 1. The Balaban J connectivity index is 1.62. The summed E-state index contributed by atoms with van der Waals surface area (Å²) in [4.78, 5) is 32.7. The van der Waals surface area contributed by atoms with Crippen molar-refractivity contribution in [3.63, 3.8) is 0 Å². The van der Waals surface area contributed by atoms with E-state index in [0.717, 1.165) is 12.8 Å². The number of nitrogens with two attached hydrogens (primary N) is 1. The molecular weight excluding hydrogens is 514 g/mol. The molecular formula is C24H23ClF2N4O6. The Hall–Kier alpha value is -3.93. The molecule has 2 heterocycles. The van der Waals surface area contributed by atoms with Crippen LogP contribution >= 0.6 is 11.6 Å². The summed E-state index contributed by atoms with van der Waals surface area (Å²) in [5, 5.41) is 3.11. The molecule has 3 N–H and O–H groups in total. The Kier molecular flexibility index (Phi) is 8.07. The van der Waals surface area contributed by atoms with Gasteiger partial charge in [0, 0.05) is 11.8 Å². The number of nitrogens with one attached hydrogen (secondary N) is 1. The zero-order valence-corrected chi connectivity index (χ0v) is 20.3. The molecule has 1 aromatic carbocycles. The number of hydrogen-bond acceptors (Lipinski definition) is 8. The van der Waals surface area contributed by atoms with Crippen LogP contribution in [0.2, 0.25) is 5.02 Å². The topological polar surface area (TPSA) is 139 Å². The number of nitrogens with zero attached hydrogens (tertiary/aromatic N) is 2. The van der Waals surface area contributed by atoms with Crippen LogP contribution < -0.4 is 20.5 Å². The van der Waals surface area contributed by atoms with E-state index in [9.17, 15) is 18.4 Å². The number of alkyl halides is 2. The van der Waals surface area contributed by atoms with Gasteiger partial charge in [0.15, 0.2) is 29.1 Å². The average Bonchev–Trinajstić information content (AvgIpc) is 3.57. The number of hydrogen-bond donors (Lipinski definition) is 2. The monoisotopic (exact) mass is 536 g/mol. The Morgan fingerprint density at radius 2 is 2.03 bits per heavy atom. The van der Waals surface area contributed by atoms with Gasteiger partial charge in [0.25, 0.3) is 5.91 Å². The lowest BCUT2D eigenvalue weighted by Gasteiger charge is -2.13. The molecule has 2 aromatic heterocycles. The minimum absolute atomic E-state index is 0.0374. The molecule has 1 unspecified atom stereocenters. The van der Waals surface area contributed by atoms with Gasteiger partial charge in [0.2, 0.25) is 5.89 Å². The molecule has 37 heavy (non-hydrogen) atoms. The van der Waals surface area contributed by atoms with Crippen molar-refractivity contribution >= 4 is 23.6 Å². The Bertz CT molecular complexity index is 1270. The van der Waals surface area contributed by atoms with Crippen LogP contribution in [0.5, 0.6) is 11.5 Å². The highest BCUT2D eigenvalue weighted by Crippen LogP contribution is 2.37. The highest BCUT2D eigenvalue weighted by atomic mass is 35.5. The van der Waals surface area contributed by atoms with E-state index in [1.807, 2.05) is 0 Å². The largest absolute Gasteiger partial charge is 0.489 e. The highest BCUT2D eigenvalue weighted by molar-refractivity contribution is 6.30. The van der Waals surface area contributed by atoms with Crippen LogP contribution in [0.15, 0.2) is 40.9 Å². The van der Waals surface area contributed by atoms with Crippen molar-refractivity contribution in [3.8, 4) is 23.0 Å². The smallest absolute Gasteiger partial charge is 0.405 e. The molecule has 1 atom stereocenters. The average molecular weight is 537 g/mol. The second kappa shape index (κ2) is 11.4. The number of pyridine rings is 1. The van der Waals surface area contributed by atoms with Gasteiger partial charge in [0.05, 0.1) is 23.9 Å². The molecule has 0 saturated heterocycles. The molecule has 196 valence electrons. The van der Waals surface area contributed by atoms with E-state index in [2.05, 4.69) is 20.0 Å². The van der Waals surface area contributed by atoms with E-state index in [4.69, 9.17) is 31.2 Å². The minimum Gasteiger partial charge on any atom is -0.489 e. The van der Waals surface area contributed by atoms with Crippen molar-refractivity contribution in [1.29, 1.82) is 0 Å². The summed E-state index contributed by atoms with van der Waals surface area (Å²) in [5.74, 6) is -0.456. The summed E-state index contributed by atoms with van der Waals surface area (Å²) in [7, 11) is 0. The van der Waals surface area contributed by atoms with Crippen LogP contribution in [0, 0.1) is 5.92 Å². The Labute approximate surface area is 215 Å². The van der Waals surface area contributed by atoms with Gasteiger partial charge in [-0.3, -0.25) is 9.78 Å². The van der Waals surface area contributed by atoms with Gasteiger partial charge in [-0.25, -0.2) is 9.78 Å². The first kappa shape index (κ1) is 26.1. The number of carbonyl (C=O) groups is 2. The summed E-state index contributed by atoms with van der Waals surface area (Å²) >= 11 is 5.83. The number of oxazole rings is 1. The van der Waals surface area contributed by atoms with Crippen molar-refractivity contribution in [1.82, 2.24) is 15.3 Å². The second-order valence-electron chi connectivity index (χ2n) is 8.26. The highest BCUT2D eigenvalue weighted by Gasteiger charge is 2.28. The van der Waals surface area contributed by atoms with Crippen LogP contribution in [0.3, 0.4) is 0 Å². The lowest BCUT2D eigenvalue weighted by molar-refractivity contribution is -0.0515. The first-order valence-electron chi connectivity index (χ1n) is 11.3. The molecule has 0 bridgehead atoms. The van der Waals surface area contributed by atoms with Crippen molar-refractivity contribution in [2.45, 2.75) is 39.0 Å². The van der Waals surface area contributed by atoms with Gasteiger partial charge in [0.1, 0.15) is 0 Å². The molecule has 4 rings (SSSR count). The lowest BCUT2D eigenvalue weighted by atomic mass is 10.2. The van der Waals surface area contributed by atoms with Crippen molar-refractivity contribution in [2.75, 3.05) is 6.61 Å². The van der Waals surface area contributed by atoms with E-state index in [1.54, 1.807) is 12.1 Å². The van der Waals surface area contributed by atoms with Crippen LogP contribution in [0.1, 0.15) is 47.8 Å². The third kappa shape index (κ3) is 7.06. The molecule has 1 aliphatic rings. The first-order valence-corrected chi connectivity index (χ1v) is 11.6. The summed E-state index contributed by atoms with van der Waals surface area (Å²) < 4.78 is 46.8. The number of amides is 2. The maximum atomic E-state index is 13.0. The van der Waals surface area contributed by atoms with Gasteiger partial charge in [-0.05, 0) is 56.0 Å². The third-order valence-corrected chi connectivity index (χ3v) is 5.55. The summed E-state index contributed by atoms with van der Waals surface area (Å²) in [5.41, 5.74) is 5.82. The van der Waals surface area contributed by atoms with Crippen LogP contribution in [-0.4, -0.2) is 35.2 Å². The minimum atomic E-state index is -3.04. The van der Waals surface area contributed by atoms with E-state index < -0.39 is 24.7 Å². The standard InChI is InChI=1S/C24H23ClF2N4O6/c1-12(35-24(28)33)20-19(21(32)30-10-16-6-5-15(25)9-29-16)31-22(37-20)14-4-7-17(36-23(26)27)18(8-14)34-11-13-2-3-13/h4-9,12-13,23H,2-3,10-11H2,1H3,(H2,28,33)(H,30,32). The van der Waals surface area contributed by atoms with Gasteiger partial charge < -0.3 is 29.7 Å². The quantitative estimate of drug-likeness (QED) is 0.354. The van der Waals surface area contributed by atoms with Crippen molar-refractivity contribution in [2.24, 2.45) is 11.7 Å². The van der Waals surface area contributed by atoms with Crippen molar-refractivity contribution in [3.05, 3.63) is 58.7 Å². The van der Waals surface area contributed by atoms with Crippen molar-refractivity contribution < 1.29 is 37.0 Å². The van der Waals surface area contributed by atoms with Crippen LogP contribution in [0.25, 0.3) is 11.5 Å². The number of halogens is 3. The molecule has 10 nitrogen and oxygen atoms in total. The van der Waals surface area contributed by atoms with Gasteiger partial charge >= 0.3 is 12.7 Å². The number of primary amides is 1. The molecule has 0 aliphatic heterocycles. The third-order valence-electron chi connectivity index (χ3n) is 5.33. The summed E-state index contributed by atoms with van der Waals surface area (Å²) in [6.45, 7) is -1.19. The molecule has 1 aliphatic carbocycles. The second-order valence-corrected chi connectivity index (χ2v) is 8.69. The first-order chi connectivity index (χ1) is 17.7. The maximum Gasteiger partial charge on any atom is 0.405 e. The van der Waals surface area contributed by atoms with E-state index in [-0.39, 0.29) is 35.4 Å². The van der Waals surface area contributed by atoms with E-state index in [1.165, 1.54) is 31.3 Å². The predicted octanol–water partition coefficient (Wildman–Crippen LogP) is 4.87. The molecule has 2 amide bonds. The molecule has 3 aromatic rings. The molecule has 0 radical (unpaired) electrons. The predicted molar refractivity (Wildman–Crippen MR) is 126 cm³/mol. The van der Waals surface area contributed by atoms with Gasteiger partial charge in [-0.15, -0.1) is 0 Å². The zero-order chi connectivity index (χ0) is 26.5. The molecule has 1 saturated carbocycles. The Morgan fingerprint density at radius 3 is 2.68 bits per heavy atom. The van der Waals surface area contributed by atoms with E-state index in [0.29, 0.717) is 28.8 Å². The van der Waals surface area contributed by atoms with E-state index >= 15 is 0 Å². The molecule has 0 spiro atoms. The maximum absolute atomic E-state index is 13.0. The number of ether oxygens (including phenoxy) is 3. The van der Waals surface area contributed by atoms with Gasteiger partial charge in [-0.2, -0.15) is 8.78 Å². The SMILES string of the molecule is CC(OC(N)=O)c1oc(-c2ccc(OC(F)F)c(OCC3CC3)c2)nc1C(=O)NCc1ccc(Cl)cn1. The summed E-state index contributed by atoms with van der Waals surface area (Å²) in [6.07, 6.45) is 1.30. The molecule has 13 heteroatoms. The normalized spacial score (nSPS) is 13.8. The fraction of sp³-hybridized carbons (Fsp3) is 0.333. The van der Waals surface area contributed by atoms with Crippen LogP contribution in [-0.2, 0) is 11.3 Å². The summed E-state index contributed by atoms with van der Waals surface area (Å²) in [6, 6.07) is 7.42. The lowest BCUT2D eigenvalue weighted by Crippen LogP contribution is -2.25. The number of rotatable bonds is 11. The number of aromatic nitrogens is 2. The van der Waals surface area contributed by atoms with Crippen LogP contribution in [0.4, 0.5) is 13.6 Å². The van der Waals surface area contributed by atoms with Gasteiger partial charge in [-0.1, -0.05) is 11.6 Å². The zero-order valence-electron chi connectivity index (χ0n) is 19.6. The fourth-order valence-electron chi connectivity index (χ4n) is 3.33. The fourth-order valence-corrected chi connectivity index (χ4v) is 3.44. The number of carbonyl (C=O) groups excluding carboxylic acids is 2. The molecule has 1 fully saturated rings. The Morgan fingerprint density at radius 1 is 1.24 bits per heavy atom.